The Morgan fingerprint density at radius 2 is 2.12 bits per heavy atom. The fourth-order valence-electron chi connectivity index (χ4n) is 2.40. The molecule has 0 aliphatic carbocycles. The topological polar surface area (TPSA) is 85.4 Å². The molecule has 6 nitrogen and oxygen atoms in total. The molecule has 1 atom stereocenters. The van der Waals surface area contributed by atoms with Gasteiger partial charge in [0.05, 0.1) is 17.1 Å². The van der Waals surface area contributed by atoms with Gasteiger partial charge in [-0.3, -0.25) is 4.79 Å². The average Bonchev–Trinajstić information content (AvgIpc) is 2.87. The summed E-state index contributed by atoms with van der Waals surface area (Å²) >= 11 is 3.36. The first-order valence-corrected chi connectivity index (χ1v) is 9.93. The Bertz CT molecular complexity index is 853. The van der Waals surface area contributed by atoms with Gasteiger partial charge >= 0.3 is 0 Å². The molecule has 3 rings (SSSR count). The van der Waals surface area contributed by atoms with E-state index < -0.39 is 9.84 Å². The van der Waals surface area contributed by atoms with Crippen LogP contribution in [0.5, 0.6) is 11.6 Å². The first-order valence-electron chi connectivity index (χ1n) is 7.32. The number of ether oxygens (including phenoxy) is 1. The van der Waals surface area contributed by atoms with Crippen LogP contribution in [0.25, 0.3) is 0 Å². The Balaban J connectivity index is 1.62. The summed E-state index contributed by atoms with van der Waals surface area (Å²) < 4.78 is 29.3. The highest BCUT2D eigenvalue weighted by Crippen LogP contribution is 2.23. The highest BCUT2D eigenvalue weighted by Gasteiger charge is 2.29. The summed E-state index contributed by atoms with van der Waals surface area (Å²) in [5.74, 6) is 0.781. The van der Waals surface area contributed by atoms with E-state index in [2.05, 4.69) is 26.2 Å². The molecular formula is C16H15BrN2O4S. The van der Waals surface area contributed by atoms with E-state index in [-0.39, 0.29) is 23.5 Å². The van der Waals surface area contributed by atoms with E-state index in [0.29, 0.717) is 23.6 Å². The molecule has 1 saturated heterocycles. The van der Waals surface area contributed by atoms with Gasteiger partial charge in [0.1, 0.15) is 5.75 Å². The van der Waals surface area contributed by atoms with Crippen LogP contribution < -0.4 is 10.1 Å². The summed E-state index contributed by atoms with van der Waals surface area (Å²) in [6.07, 6.45) is 1.86. The first kappa shape index (κ1) is 16.9. The Kier molecular flexibility index (Phi) is 4.86. The number of hydrogen-bond acceptors (Lipinski definition) is 5. The van der Waals surface area contributed by atoms with Crippen molar-refractivity contribution in [3.05, 3.63) is 52.6 Å². The molecule has 1 aromatic heterocycles. The molecule has 8 heteroatoms. The van der Waals surface area contributed by atoms with E-state index in [1.54, 1.807) is 18.2 Å². The number of sulfone groups is 1. The van der Waals surface area contributed by atoms with Crippen molar-refractivity contribution in [3.63, 3.8) is 0 Å². The van der Waals surface area contributed by atoms with Crippen molar-refractivity contribution in [1.82, 2.24) is 10.3 Å². The van der Waals surface area contributed by atoms with Gasteiger partial charge in [-0.2, -0.15) is 0 Å². The number of pyridine rings is 1. The van der Waals surface area contributed by atoms with Gasteiger partial charge < -0.3 is 10.1 Å². The van der Waals surface area contributed by atoms with E-state index in [4.69, 9.17) is 4.74 Å². The Morgan fingerprint density at radius 1 is 1.29 bits per heavy atom. The molecule has 0 bridgehead atoms. The maximum Gasteiger partial charge on any atom is 0.253 e. The molecule has 0 radical (unpaired) electrons. The number of aromatic nitrogens is 1. The van der Waals surface area contributed by atoms with E-state index >= 15 is 0 Å². The van der Waals surface area contributed by atoms with Gasteiger partial charge in [-0.1, -0.05) is 22.0 Å². The molecule has 0 spiro atoms. The molecule has 1 fully saturated rings. The number of hydrogen-bond donors (Lipinski definition) is 1. The van der Waals surface area contributed by atoms with Crippen molar-refractivity contribution in [2.45, 2.75) is 12.5 Å². The van der Waals surface area contributed by atoms with E-state index in [0.717, 1.165) is 4.47 Å². The van der Waals surface area contributed by atoms with Crippen LogP contribution in [0.1, 0.15) is 16.8 Å². The molecule has 1 amide bonds. The molecule has 1 aromatic carbocycles. The number of carbonyl (C=O) groups is 1. The lowest BCUT2D eigenvalue weighted by Crippen LogP contribution is -2.35. The molecule has 1 aliphatic heterocycles. The molecule has 1 aliphatic rings. The number of rotatable bonds is 4. The quantitative estimate of drug-likeness (QED) is 0.836. The Labute approximate surface area is 148 Å². The second-order valence-corrected chi connectivity index (χ2v) is 8.66. The van der Waals surface area contributed by atoms with Crippen LogP contribution in [0.15, 0.2) is 47.1 Å². The second kappa shape index (κ2) is 6.90. The number of nitrogens with zero attached hydrogens (tertiary/aromatic N) is 1. The molecule has 24 heavy (non-hydrogen) atoms. The summed E-state index contributed by atoms with van der Waals surface area (Å²) in [4.78, 5) is 16.2. The molecular weight excluding hydrogens is 396 g/mol. The third-order valence-corrected chi connectivity index (χ3v) is 5.85. The zero-order valence-electron chi connectivity index (χ0n) is 12.6. The summed E-state index contributed by atoms with van der Waals surface area (Å²) in [7, 11) is -3.02. The van der Waals surface area contributed by atoms with Gasteiger partial charge in [0.15, 0.2) is 9.84 Å². The van der Waals surface area contributed by atoms with Gasteiger partial charge in [-0.05, 0) is 30.7 Å². The average molecular weight is 411 g/mol. The van der Waals surface area contributed by atoms with E-state index in [9.17, 15) is 13.2 Å². The number of amides is 1. The van der Waals surface area contributed by atoms with Crippen LogP contribution in [0.3, 0.4) is 0 Å². The zero-order valence-corrected chi connectivity index (χ0v) is 15.0. The van der Waals surface area contributed by atoms with Crippen LogP contribution in [-0.2, 0) is 9.84 Å². The van der Waals surface area contributed by atoms with E-state index in [1.165, 1.54) is 6.20 Å². The molecule has 2 aromatic rings. The third-order valence-electron chi connectivity index (χ3n) is 3.58. The highest BCUT2D eigenvalue weighted by atomic mass is 79.9. The van der Waals surface area contributed by atoms with Crippen LogP contribution >= 0.6 is 15.9 Å². The van der Waals surface area contributed by atoms with Crippen LogP contribution in [0.2, 0.25) is 0 Å². The summed E-state index contributed by atoms with van der Waals surface area (Å²) in [5.41, 5.74) is 0.362. The Morgan fingerprint density at radius 3 is 2.75 bits per heavy atom. The van der Waals surface area contributed by atoms with Crippen molar-refractivity contribution in [1.29, 1.82) is 0 Å². The zero-order chi connectivity index (χ0) is 17.2. The van der Waals surface area contributed by atoms with Gasteiger partial charge in [0, 0.05) is 22.8 Å². The minimum Gasteiger partial charge on any atom is -0.439 e. The lowest BCUT2D eigenvalue weighted by atomic mass is 10.2. The minimum atomic E-state index is -3.02. The molecule has 0 saturated carbocycles. The van der Waals surface area contributed by atoms with Crippen molar-refractivity contribution in [3.8, 4) is 11.6 Å². The van der Waals surface area contributed by atoms with Gasteiger partial charge in [0.2, 0.25) is 5.88 Å². The number of halogens is 1. The minimum absolute atomic E-state index is 0.00372. The third kappa shape index (κ3) is 4.33. The Hall–Kier alpha value is -1.93. The first-order chi connectivity index (χ1) is 11.4. The SMILES string of the molecule is O=C(N[C@H]1CCS(=O)(=O)C1)c1ccc(Oc2cccc(Br)c2)nc1. The summed E-state index contributed by atoms with van der Waals surface area (Å²) in [6.45, 7) is 0. The summed E-state index contributed by atoms with van der Waals surface area (Å²) in [6, 6.07) is 10.2. The molecule has 0 unspecified atom stereocenters. The predicted octanol–water partition coefficient (Wildman–Crippen LogP) is 2.55. The lowest BCUT2D eigenvalue weighted by molar-refractivity contribution is 0.0940. The lowest BCUT2D eigenvalue weighted by Gasteiger charge is -2.11. The van der Waals surface area contributed by atoms with Crippen LogP contribution in [0, 0.1) is 0 Å². The summed E-state index contributed by atoms with van der Waals surface area (Å²) in [5, 5.41) is 2.72. The van der Waals surface area contributed by atoms with Crippen LogP contribution in [0.4, 0.5) is 0 Å². The van der Waals surface area contributed by atoms with E-state index in [1.807, 2.05) is 18.2 Å². The van der Waals surface area contributed by atoms with Gasteiger partial charge in [-0.15, -0.1) is 0 Å². The van der Waals surface area contributed by atoms with Gasteiger partial charge in [0.25, 0.3) is 5.91 Å². The smallest absolute Gasteiger partial charge is 0.253 e. The number of benzene rings is 1. The normalized spacial score (nSPS) is 19.0. The molecule has 126 valence electrons. The second-order valence-electron chi connectivity index (χ2n) is 5.52. The largest absolute Gasteiger partial charge is 0.439 e. The predicted molar refractivity (Wildman–Crippen MR) is 93.0 cm³/mol. The standard InChI is InChI=1S/C16H15BrN2O4S/c17-12-2-1-3-14(8-12)23-15-5-4-11(9-18-15)16(20)19-13-6-7-24(21,22)10-13/h1-5,8-9,13H,6-7,10H2,(H,19,20)/t13-/m0/s1. The maximum absolute atomic E-state index is 12.1. The molecule has 1 N–H and O–H groups in total. The van der Waals surface area contributed by atoms with Gasteiger partial charge in [-0.25, -0.2) is 13.4 Å². The van der Waals surface area contributed by atoms with Crippen molar-refractivity contribution >= 4 is 31.7 Å². The van der Waals surface area contributed by atoms with Crippen molar-refractivity contribution < 1.29 is 17.9 Å². The van der Waals surface area contributed by atoms with Crippen LogP contribution in [-0.4, -0.2) is 36.9 Å². The van der Waals surface area contributed by atoms with Crippen molar-refractivity contribution in [2.24, 2.45) is 0 Å². The highest BCUT2D eigenvalue weighted by molar-refractivity contribution is 9.10. The maximum atomic E-state index is 12.1. The fourth-order valence-corrected chi connectivity index (χ4v) is 4.46. The monoisotopic (exact) mass is 410 g/mol. The fraction of sp³-hybridized carbons (Fsp3) is 0.250. The molecule has 2 heterocycles. The number of carbonyl (C=O) groups excluding carboxylic acids is 1. The number of nitrogens with one attached hydrogen (secondary N) is 1. The van der Waals surface area contributed by atoms with Crippen molar-refractivity contribution in [2.75, 3.05) is 11.5 Å².